The van der Waals surface area contributed by atoms with Crippen molar-refractivity contribution in [3.8, 4) is 0 Å². The molecule has 0 amide bonds. The Bertz CT molecular complexity index is 380. The van der Waals surface area contributed by atoms with Crippen molar-refractivity contribution in [2.75, 3.05) is 5.32 Å². The van der Waals surface area contributed by atoms with E-state index < -0.39 is 0 Å². The molecule has 72 valence electrons. The van der Waals surface area contributed by atoms with Gasteiger partial charge in [0, 0.05) is 12.3 Å². The molecule has 0 saturated heterocycles. The van der Waals surface area contributed by atoms with E-state index in [-0.39, 0.29) is 0 Å². The van der Waals surface area contributed by atoms with E-state index in [2.05, 4.69) is 15.5 Å². The van der Waals surface area contributed by atoms with Gasteiger partial charge in [-0.3, -0.25) is 0 Å². The molecule has 2 aromatic rings. The van der Waals surface area contributed by atoms with Crippen molar-refractivity contribution < 1.29 is 4.52 Å². The maximum atomic E-state index is 4.71. The van der Waals surface area contributed by atoms with Crippen molar-refractivity contribution in [2.45, 2.75) is 13.5 Å². The van der Waals surface area contributed by atoms with Crippen LogP contribution < -0.4 is 5.32 Å². The molecule has 0 aliphatic rings. The van der Waals surface area contributed by atoms with E-state index in [4.69, 9.17) is 4.52 Å². The van der Waals surface area contributed by atoms with Gasteiger partial charge in [0.2, 0.25) is 0 Å². The first-order valence-corrected chi connectivity index (χ1v) is 4.40. The molecule has 4 nitrogen and oxygen atoms in total. The van der Waals surface area contributed by atoms with Crippen molar-refractivity contribution >= 4 is 5.82 Å². The summed E-state index contributed by atoms with van der Waals surface area (Å²) in [6.45, 7) is 2.64. The van der Waals surface area contributed by atoms with Crippen molar-refractivity contribution in [1.29, 1.82) is 0 Å². The van der Waals surface area contributed by atoms with Crippen molar-refractivity contribution in [3.63, 3.8) is 0 Å². The van der Waals surface area contributed by atoms with Gasteiger partial charge in [-0.2, -0.15) is 0 Å². The molecule has 0 aliphatic carbocycles. The first-order chi connectivity index (χ1) is 6.84. The Hall–Kier alpha value is -1.84. The second-order valence-electron chi connectivity index (χ2n) is 3.07. The minimum Gasteiger partial charge on any atom is -0.364 e. The number of hydrogen-bond donors (Lipinski definition) is 1. The normalized spacial score (nSPS) is 10.1. The molecule has 2 heterocycles. The molecule has 0 unspecified atom stereocenters. The Morgan fingerprint density at radius 1 is 1.36 bits per heavy atom. The number of nitrogens with zero attached hydrogens (tertiary/aromatic N) is 2. The molecule has 0 aromatic carbocycles. The van der Waals surface area contributed by atoms with Crippen LogP contribution >= 0.6 is 0 Å². The summed E-state index contributed by atoms with van der Waals surface area (Å²) in [6, 6.07) is 5.77. The molecule has 0 radical (unpaired) electrons. The Morgan fingerprint density at radius 2 is 2.29 bits per heavy atom. The predicted molar refractivity (Wildman–Crippen MR) is 52.8 cm³/mol. The van der Waals surface area contributed by atoms with E-state index in [0.29, 0.717) is 6.54 Å². The first-order valence-electron chi connectivity index (χ1n) is 4.40. The molecule has 0 bridgehead atoms. The van der Waals surface area contributed by atoms with Crippen LogP contribution in [0.1, 0.15) is 11.3 Å². The summed E-state index contributed by atoms with van der Waals surface area (Å²) < 4.78 is 4.71. The lowest BCUT2D eigenvalue weighted by molar-refractivity contribution is 0.412. The zero-order valence-electron chi connectivity index (χ0n) is 7.90. The Kier molecular flexibility index (Phi) is 2.44. The Morgan fingerprint density at radius 3 is 2.93 bits per heavy atom. The van der Waals surface area contributed by atoms with Crippen LogP contribution in [0.5, 0.6) is 0 Å². The lowest BCUT2D eigenvalue weighted by Crippen LogP contribution is -2.01. The highest BCUT2D eigenvalue weighted by Crippen LogP contribution is 2.05. The van der Waals surface area contributed by atoms with Gasteiger partial charge in [-0.1, -0.05) is 11.2 Å². The summed E-state index contributed by atoms with van der Waals surface area (Å²) in [7, 11) is 0. The molecular weight excluding hydrogens is 178 g/mol. The molecule has 4 heteroatoms. The van der Waals surface area contributed by atoms with E-state index in [1.807, 2.05) is 31.3 Å². The van der Waals surface area contributed by atoms with Gasteiger partial charge in [0.1, 0.15) is 17.8 Å². The van der Waals surface area contributed by atoms with Crippen molar-refractivity contribution in [2.24, 2.45) is 0 Å². The highest BCUT2D eigenvalue weighted by molar-refractivity contribution is 5.35. The van der Waals surface area contributed by atoms with Crippen LogP contribution in [0, 0.1) is 6.92 Å². The zero-order chi connectivity index (χ0) is 9.80. The number of rotatable bonds is 3. The van der Waals surface area contributed by atoms with Gasteiger partial charge in [-0.25, -0.2) is 4.98 Å². The molecule has 0 aliphatic heterocycles. The van der Waals surface area contributed by atoms with E-state index >= 15 is 0 Å². The quantitative estimate of drug-likeness (QED) is 0.802. The second-order valence-corrected chi connectivity index (χ2v) is 3.07. The van der Waals surface area contributed by atoms with Crippen LogP contribution in [0.15, 0.2) is 35.2 Å². The van der Waals surface area contributed by atoms with Crippen LogP contribution in [-0.4, -0.2) is 10.1 Å². The van der Waals surface area contributed by atoms with Crippen LogP contribution in [-0.2, 0) is 6.54 Å². The highest BCUT2D eigenvalue weighted by atomic mass is 16.5. The minimum atomic E-state index is 0.632. The lowest BCUT2D eigenvalue weighted by Gasteiger charge is -2.02. The number of pyridine rings is 1. The fourth-order valence-electron chi connectivity index (χ4n) is 1.08. The van der Waals surface area contributed by atoms with Gasteiger partial charge in [0.15, 0.2) is 0 Å². The summed E-state index contributed by atoms with van der Waals surface area (Å²) >= 11 is 0. The van der Waals surface area contributed by atoms with Gasteiger partial charge in [-0.15, -0.1) is 0 Å². The summed E-state index contributed by atoms with van der Waals surface area (Å²) in [6.07, 6.45) is 3.38. The third kappa shape index (κ3) is 2.10. The Balaban J connectivity index is 1.95. The van der Waals surface area contributed by atoms with Crippen molar-refractivity contribution in [1.82, 2.24) is 10.1 Å². The average Bonchev–Trinajstić information content (AvgIpc) is 2.70. The minimum absolute atomic E-state index is 0.632. The average molecular weight is 189 g/mol. The van der Waals surface area contributed by atoms with Crippen molar-refractivity contribution in [3.05, 3.63) is 41.9 Å². The molecule has 1 N–H and O–H groups in total. The predicted octanol–water partition coefficient (Wildman–Crippen LogP) is 1.99. The second kappa shape index (κ2) is 3.91. The molecule has 0 spiro atoms. The number of aromatic nitrogens is 2. The smallest absolute Gasteiger partial charge is 0.126 e. The first kappa shape index (κ1) is 8.74. The standard InChI is InChI=1S/C10H11N3O/c1-8-2-3-10(11-6-8)12-7-9-4-5-14-13-9/h2-6H,7H2,1H3,(H,11,12). The lowest BCUT2D eigenvalue weighted by atomic mass is 10.3. The van der Waals surface area contributed by atoms with Gasteiger partial charge in [0.05, 0.1) is 6.54 Å². The molecule has 0 fully saturated rings. The number of anilines is 1. The summed E-state index contributed by atoms with van der Waals surface area (Å²) in [5.74, 6) is 0.846. The van der Waals surface area contributed by atoms with E-state index in [1.54, 1.807) is 6.26 Å². The molecule has 14 heavy (non-hydrogen) atoms. The molecule has 2 aromatic heterocycles. The monoisotopic (exact) mass is 189 g/mol. The molecular formula is C10H11N3O. The number of aryl methyl sites for hydroxylation is 1. The van der Waals surface area contributed by atoms with Gasteiger partial charge in [-0.05, 0) is 18.6 Å². The summed E-state index contributed by atoms with van der Waals surface area (Å²) in [4.78, 5) is 4.21. The number of hydrogen-bond acceptors (Lipinski definition) is 4. The third-order valence-electron chi connectivity index (χ3n) is 1.85. The van der Waals surface area contributed by atoms with Gasteiger partial charge < -0.3 is 9.84 Å². The largest absolute Gasteiger partial charge is 0.364 e. The molecule has 0 atom stereocenters. The van der Waals surface area contributed by atoms with E-state index in [0.717, 1.165) is 17.1 Å². The Labute approximate surface area is 82.0 Å². The topological polar surface area (TPSA) is 51.0 Å². The summed E-state index contributed by atoms with van der Waals surface area (Å²) in [5, 5.41) is 6.92. The third-order valence-corrected chi connectivity index (χ3v) is 1.85. The fraction of sp³-hybridized carbons (Fsp3) is 0.200. The zero-order valence-corrected chi connectivity index (χ0v) is 7.90. The fourth-order valence-corrected chi connectivity index (χ4v) is 1.08. The van der Waals surface area contributed by atoms with E-state index in [9.17, 15) is 0 Å². The number of nitrogens with one attached hydrogen (secondary N) is 1. The maximum absolute atomic E-state index is 4.71. The highest BCUT2D eigenvalue weighted by Gasteiger charge is 1.96. The SMILES string of the molecule is Cc1ccc(NCc2ccon2)nc1. The summed E-state index contributed by atoms with van der Waals surface area (Å²) in [5.41, 5.74) is 2.02. The van der Waals surface area contributed by atoms with Crippen LogP contribution in [0.3, 0.4) is 0 Å². The van der Waals surface area contributed by atoms with Crippen LogP contribution in [0.25, 0.3) is 0 Å². The van der Waals surface area contributed by atoms with Crippen LogP contribution in [0.2, 0.25) is 0 Å². The van der Waals surface area contributed by atoms with Gasteiger partial charge >= 0.3 is 0 Å². The molecule has 0 saturated carbocycles. The van der Waals surface area contributed by atoms with E-state index in [1.165, 1.54) is 0 Å². The molecule has 2 rings (SSSR count). The van der Waals surface area contributed by atoms with Gasteiger partial charge in [0.25, 0.3) is 0 Å². The van der Waals surface area contributed by atoms with Crippen LogP contribution in [0.4, 0.5) is 5.82 Å². The maximum Gasteiger partial charge on any atom is 0.126 e.